The highest BCUT2D eigenvalue weighted by Gasteiger charge is 2.16. The van der Waals surface area contributed by atoms with Crippen molar-refractivity contribution in [3.05, 3.63) is 29.8 Å². The molecule has 1 aromatic rings. The maximum Gasteiger partial charge on any atom is 0.239 e. The van der Waals surface area contributed by atoms with E-state index in [-0.39, 0.29) is 5.91 Å². The Morgan fingerprint density at radius 2 is 1.93 bits per heavy atom. The highest BCUT2D eigenvalue weighted by atomic mass is 16.2. The molecular weight excluding hydrogens is 364 g/mol. The van der Waals surface area contributed by atoms with Gasteiger partial charge in [-0.1, -0.05) is 19.1 Å². The summed E-state index contributed by atoms with van der Waals surface area (Å²) in [5, 5.41) is 9.66. The van der Waals surface area contributed by atoms with Crippen molar-refractivity contribution in [2.45, 2.75) is 32.7 Å². The number of nitrogens with zero attached hydrogens (tertiary/aromatic N) is 3. The average molecular weight is 401 g/mol. The molecule has 29 heavy (non-hydrogen) atoms. The molecule has 2 heterocycles. The topological polar surface area (TPSA) is 72.0 Å². The van der Waals surface area contributed by atoms with E-state index in [1.807, 2.05) is 7.05 Å². The fourth-order valence-electron chi connectivity index (χ4n) is 3.89. The van der Waals surface area contributed by atoms with Crippen LogP contribution in [0, 0.1) is 5.92 Å². The van der Waals surface area contributed by atoms with Crippen LogP contribution in [0.15, 0.2) is 29.3 Å². The van der Waals surface area contributed by atoms with E-state index in [0.29, 0.717) is 13.1 Å². The molecule has 1 aromatic carbocycles. The lowest BCUT2D eigenvalue weighted by Crippen LogP contribution is -2.47. The monoisotopic (exact) mass is 400 g/mol. The van der Waals surface area contributed by atoms with Gasteiger partial charge in [0, 0.05) is 38.9 Å². The number of nitrogens with one attached hydrogen (secondary N) is 3. The number of aliphatic imine (C=N–C) groups is 1. The smallest absolute Gasteiger partial charge is 0.239 e. The van der Waals surface area contributed by atoms with Crippen LogP contribution in [0.4, 0.5) is 5.69 Å². The van der Waals surface area contributed by atoms with E-state index in [1.54, 1.807) is 0 Å². The van der Waals surface area contributed by atoms with Crippen LogP contribution in [0.5, 0.6) is 0 Å². The summed E-state index contributed by atoms with van der Waals surface area (Å²) in [6.45, 7) is 9.66. The lowest BCUT2D eigenvalue weighted by Gasteiger charge is -2.30. The van der Waals surface area contributed by atoms with Crippen LogP contribution in [-0.2, 0) is 11.3 Å². The molecule has 1 amide bonds. The van der Waals surface area contributed by atoms with Gasteiger partial charge in [-0.3, -0.25) is 9.79 Å². The first kappa shape index (κ1) is 21.4. The molecule has 0 atom stereocenters. The van der Waals surface area contributed by atoms with Crippen molar-refractivity contribution in [2.75, 3.05) is 57.8 Å². The van der Waals surface area contributed by atoms with Crippen molar-refractivity contribution in [3.8, 4) is 0 Å². The normalized spacial score (nSPS) is 19.2. The Hall–Kier alpha value is -2.28. The number of carbonyl (C=O) groups excluding carboxylic acids is 1. The van der Waals surface area contributed by atoms with Crippen molar-refractivity contribution in [2.24, 2.45) is 10.9 Å². The molecule has 2 saturated heterocycles. The number of hydrogen-bond donors (Lipinski definition) is 3. The summed E-state index contributed by atoms with van der Waals surface area (Å²) in [6, 6.07) is 8.40. The van der Waals surface area contributed by atoms with Crippen LogP contribution in [0.2, 0.25) is 0 Å². The summed E-state index contributed by atoms with van der Waals surface area (Å²) in [4.78, 5) is 20.6. The molecule has 0 aromatic heterocycles. The summed E-state index contributed by atoms with van der Waals surface area (Å²) in [6.07, 6.45) is 3.80. The quantitative estimate of drug-likeness (QED) is 0.367. The summed E-state index contributed by atoms with van der Waals surface area (Å²) < 4.78 is 0. The molecule has 3 rings (SSSR count). The third-order valence-corrected chi connectivity index (χ3v) is 5.84. The Balaban J connectivity index is 1.35. The molecular formula is C22H36N6O. The lowest BCUT2D eigenvalue weighted by atomic mass is 9.99. The Morgan fingerprint density at radius 3 is 2.62 bits per heavy atom. The van der Waals surface area contributed by atoms with Gasteiger partial charge in [0.25, 0.3) is 0 Å². The number of anilines is 1. The Labute approximate surface area is 174 Å². The van der Waals surface area contributed by atoms with Crippen LogP contribution < -0.4 is 20.9 Å². The Kier molecular flexibility index (Phi) is 8.16. The number of amides is 1. The highest BCUT2D eigenvalue weighted by molar-refractivity contribution is 5.82. The zero-order valence-corrected chi connectivity index (χ0v) is 17.9. The first-order valence-electron chi connectivity index (χ1n) is 10.9. The van der Waals surface area contributed by atoms with Crippen LogP contribution in [0.1, 0.15) is 31.7 Å². The maximum absolute atomic E-state index is 11.5. The number of rotatable bonds is 7. The molecule has 7 nitrogen and oxygen atoms in total. The minimum absolute atomic E-state index is 0.0895. The minimum Gasteiger partial charge on any atom is -0.360 e. The van der Waals surface area contributed by atoms with Gasteiger partial charge in [0.2, 0.25) is 5.91 Å². The summed E-state index contributed by atoms with van der Waals surface area (Å²) in [5.74, 6) is 1.82. The van der Waals surface area contributed by atoms with Gasteiger partial charge in [-0.05, 0) is 62.5 Å². The number of piperazine rings is 1. The zero-order valence-electron chi connectivity index (χ0n) is 17.9. The lowest BCUT2D eigenvalue weighted by molar-refractivity contribution is -0.120. The van der Waals surface area contributed by atoms with Crippen molar-refractivity contribution >= 4 is 17.6 Å². The molecule has 0 aliphatic carbocycles. The predicted octanol–water partition coefficient (Wildman–Crippen LogP) is 1.41. The molecule has 7 heteroatoms. The van der Waals surface area contributed by atoms with Crippen molar-refractivity contribution in [3.63, 3.8) is 0 Å². The van der Waals surface area contributed by atoms with Crippen LogP contribution >= 0.6 is 0 Å². The van der Waals surface area contributed by atoms with Crippen LogP contribution in [-0.4, -0.2) is 69.6 Å². The first-order valence-corrected chi connectivity index (χ1v) is 10.9. The average Bonchev–Trinajstić information content (AvgIpc) is 2.75. The second-order valence-corrected chi connectivity index (χ2v) is 8.17. The number of benzene rings is 1. The second kappa shape index (κ2) is 11.0. The molecule has 3 N–H and O–H groups in total. The van der Waals surface area contributed by atoms with Gasteiger partial charge in [0.1, 0.15) is 0 Å². The SMILES string of the molecule is CN=C(NCCCN1CCC(C)CC1)NCc1ccc(N2CCNC(=O)C2)cc1. The molecule has 0 radical (unpaired) electrons. The standard InChI is InChI=1S/C22H36N6O/c1-18-8-13-27(14-9-18)12-3-10-25-22(23-2)26-16-19-4-6-20(7-5-19)28-15-11-24-21(29)17-28/h4-7,18H,3,8-17H2,1-2H3,(H,24,29)(H2,23,25,26). The number of piperidine rings is 1. The highest BCUT2D eigenvalue weighted by Crippen LogP contribution is 2.16. The minimum atomic E-state index is 0.0895. The molecule has 0 unspecified atom stereocenters. The molecule has 0 spiro atoms. The van der Waals surface area contributed by atoms with Crippen molar-refractivity contribution in [1.82, 2.24) is 20.9 Å². The van der Waals surface area contributed by atoms with Crippen molar-refractivity contribution in [1.29, 1.82) is 0 Å². The van der Waals surface area contributed by atoms with E-state index in [1.165, 1.54) is 31.5 Å². The van der Waals surface area contributed by atoms with E-state index in [2.05, 4.69) is 61.9 Å². The summed E-state index contributed by atoms with van der Waals surface area (Å²) in [5.41, 5.74) is 2.29. The van der Waals surface area contributed by atoms with Crippen molar-refractivity contribution < 1.29 is 4.79 Å². The van der Waals surface area contributed by atoms with E-state index >= 15 is 0 Å². The van der Waals surface area contributed by atoms with Crippen LogP contribution in [0.3, 0.4) is 0 Å². The summed E-state index contributed by atoms with van der Waals surface area (Å²) >= 11 is 0. The van der Waals surface area contributed by atoms with Crippen LogP contribution in [0.25, 0.3) is 0 Å². The summed E-state index contributed by atoms with van der Waals surface area (Å²) in [7, 11) is 1.81. The first-order chi connectivity index (χ1) is 14.1. The number of likely N-dealkylation sites (tertiary alicyclic amines) is 1. The van der Waals surface area contributed by atoms with Gasteiger partial charge in [0.15, 0.2) is 5.96 Å². The van der Waals surface area contributed by atoms with E-state index in [0.717, 1.165) is 50.2 Å². The van der Waals surface area contributed by atoms with Gasteiger partial charge < -0.3 is 25.8 Å². The zero-order chi connectivity index (χ0) is 20.5. The predicted molar refractivity (Wildman–Crippen MR) is 119 cm³/mol. The Bertz CT molecular complexity index is 666. The third-order valence-electron chi connectivity index (χ3n) is 5.84. The maximum atomic E-state index is 11.5. The molecule has 0 bridgehead atoms. The Morgan fingerprint density at radius 1 is 1.17 bits per heavy atom. The van der Waals surface area contributed by atoms with E-state index < -0.39 is 0 Å². The molecule has 160 valence electrons. The van der Waals surface area contributed by atoms with E-state index in [9.17, 15) is 4.79 Å². The second-order valence-electron chi connectivity index (χ2n) is 8.17. The number of hydrogen-bond acceptors (Lipinski definition) is 4. The fraction of sp³-hybridized carbons (Fsp3) is 0.636. The van der Waals surface area contributed by atoms with Gasteiger partial charge in [0.05, 0.1) is 6.54 Å². The molecule has 2 aliphatic heterocycles. The van der Waals surface area contributed by atoms with Gasteiger partial charge in [-0.15, -0.1) is 0 Å². The molecule has 2 fully saturated rings. The van der Waals surface area contributed by atoms with Gasteiger partial charge in [-0.25, -0.2) is 0 Å². The fourth-order valence-corrected chi connectivity index (χ4v) is 3.89. The van der Waals surface area contributed by atoms with E-state index in [4.69, 9.17) is 0 Å². The number of carbonyl (C=O) groups is 1. The molecule has 0 saturated carbocycles. The largest absolute Gasteiger partial charge is 0.360 e. The number of guanidine groups is 1. The van der Waals surface area contributed by atoms with Gasteiger partial charge >= 0.3 is 0 Å². The van der Waals surface area contributed by atoms with Gasteiger partial charge in [-0.2, -0.15) is 0 Å². The third kappa shape index (κ3) is 6.92. The molecule has 2 aliphatic rings.